The summed E-state index contributed by atoms with van der Waals surface area (Å²) in [6, 6.07) is 6.45. The number of hydrogen-bond acceptors (Lipinski definition) is 5. The zero-order chi connectivity index (χ0) is 20.8. The van der Waals surface area contributed by atoms with Crippen LogP contribution in [0.2, 0.25) is 0 Å². The molecular weight excluding hydrogens is 395 g/mol. The second-order valence-electron chi connectivity index (χ2n) is 8.35. The van der Waals surface area contributed by atoms with E-state index in [2.05, 4.69) is 31.9 Å². The van der Waals surface area contributed by atoms with Crippen LogP contribution in [0.1, 0.15) is 30.5 Å². The molecule has 1 aromatic carbocycles. The molecule has 2 aliphatic rings. The van der Waals surface area contributed by atoms with Crippen molar-refractivity contribution in [2.75, 3.05) is 31.2 Å². The molecule has 2 aliphatic heterocycles. The number of aromatic amines is 1. The second-order valence-corrected chi connectivity index (χ2v) is 8.35. The van der Waals surface area contributed by atoms with Crippen molar-refractivity contribution in [3.8, 4) is 11.8 Å². The molecule has 0 saturated carbocycles. The molecule has 5 heterocycles. The SMILES string of the molecule is Fc1ccccc1C#Cc1n[nH]c2nc(N3CCC4(CCOC4)CC3)n3ccnc3c12. The van der Waals surface area contributed by atoms with Crippen molar-refractivity contribution in [1.82, 2.24) is 24.6 Å². The molecule has 2 fully saturated rings. The minimum absolute atomic E-state index is 0.331. The van der Waals surface area contributed by atoms with E-state index in [1.807, 2.05) is 10.6 Å². The van der Waals surface area contributed by atoms with Crippen LogP contribution in [-0.4, -0.2) is 50.9 Å². The summed E-state index contributed by atoms with van der Waals surface area (Å²) in [6.45, 7) is 3.62. The van der Waals surface area contributed by atoms with Crippen LogP contribution in [0.3, 0.4) is 0 Å². The minimum Gasteiger partial charge on any atom is -0.381 e. The van der Waals surface area contributed by atoms with Crippen molar-refractivity contribution in [1.29, 1.82) is 0 Å². The number of ether oxygens (including phenoxy) is 1. The van der Waals surface area contributed by atoms with E-state index >= 15 is 0 Å². The summed E-state index contributed by atoms with van der Waals surface area (Å²) >= 11 is 0. The summed E-state index contributed by atoms with van der Waals surface area (Å²) < 4.78 is 21.6. The number of hydrogen-bond donors (Lipinski definition) is 1. The van der Waals surface area contributed by atoms with E-state index < -0.39 is 0 Å². The molecule has 0 atom stereocenters. The lowest BCUT2D eigenvalue weighted by Gasteiger charge is -2.38. The fraction of sp³-hybridized carbons (Fsp3) is 0.348. The topological polar surface area (TPSA) is 71.3 Å². The van der Waals surface area contributed by atoms with Gasteiger partial charge in [0.05, 0.1) is 17.6 Å². The maximum atomic E-state index is 13.9. The quantitative estimate of drug-likeness (QED) is 0.483. The molecule has 0 radical (unpaired) electrons. The van der Waals surface area contributed by atoms with Gasteiger partial charge in [-0.3, -0.25) is 9.50 Å². The van der Waals surface area contributed by atoms with E-state index in [4.69, 9.17) is 9.72 Å². The Bertz CT molecular complexity index is 1330. The zero-order valence-corrected chi connectivity index (χ0v) is 16.9. The van der Waals surface area contributed by atoms with Gasteiger partial charge in [-0.2, -0.15) is 10.1 Å². The first-order valence-electron chi connectivity index (χ1n) is 10.5. The Labute approximate surface area is 178 Å². The molecule has 7 nitrogen and oxygen atoms in total. The van der Waals surface area contributed by atoms with Gasteiger partial charge >= 0.3 is 0 Å². The molecule has 0 amide bonds. The molecule has 0 bridgehead atoms. The van der Waals surface area contributed by atoms with Gasteiger partial charge in [-0.25, -0.2) is 9.37 Å². The van der Waals surface area contributed by atoms with E-state index in [0.29, 0.717) is 22.3 Å². The Hall–Kier alpha value is -3.44. The summed E-state index contributed by atoms with van der Waals surface area (Å²) in [7, 11) is 0. The van der Waals surface area contributed by atoms with E-state index in [9.17, 15) is 4.39 Å². The van der Waals surface area contributed by atoms with Gasteiger partial charge in [-0.1, -0.05) is 18.1 Å². The highest BCUT2D eigenvalue weighted by Crippen LogP contribution is 2.40. The van der Waals surface area contributed by atoms with Gasteiger partial charge in [0.1, 0.15) is 11.5 Å². The smallest absolute Gasteiger partial charge is 0.213 e. The number of H-pyrrole nitrogens is 1. The van der Waals surface area contributed by atoms with Gasteiger partial charge in [-0.05, 0) is 42.7 Å². The van der Waals surface area contributed by atoms with E-state index in [-0.39, 0.29) is 5.82 Å². The first-order chi connectivity index (χ1) is 15.2. The van der Waals surface area contributed by atoms with Crippen LogP contribution in [0.4, 0.5) is 10.3 Å². The van der Waals surface area contributed by atoms with Crippen LogP contribution in [-0.2, 0) is 4.74 Å². The van der Waals surface area contributed by atoms with Crippen molar-refractivity contribution >= 4 is 22.6 Å². The van der Waals surface area contributed by atoms with E-state index in [0.717, 1.165) is 62.5 Å². The second kappa shape index (κ2) is 7.06. The average Bonchev–Trinajstić information content (AvgIpc) is 3.53. The number of rotatable bonds is 1. The molecule has 3 aromatic heterocycles. The van der Waals surface area contributed by atoms with Crippen LogP contribution in [0.15, 0.2) is 36.7 Å². The number of benzene rings is 1. The molecule has 156 valence electrons. The maximum absolute atomic E-state index is 13.9. The summed E-state index contributed by atoms with van der Waals surface area (Å²) in [5.74, 6) is 6.36. The van der Waals surface area contributed by atoms with Gasteiger partial charge in [-0.15, -0.1) is 0 Å². The van der Waals surface area contributed by atoms with E-state index in [1.165, 1.54) is 6.07 Å². The van der Waals surface area contributed by atoms with E-state index in [1.54, 1.807) is 24.4 Å². The molecule has 8 heteroatoms. The van der Waals surface area contributed by atoms with Gasteiger partial charge in [0, 0.05) is 32.1 Å². The Morgan fingerprint density at radius 3 is 2.81 bits per heavy atom. The average molecular weight is 416 g/mol. The zero-order valence-electron chi connectivity index (χ0n) is 16.9. The van der Waals surface area contributed by atoms with Crippen LogP contribution in [0.25, 0.3) is 16.7 Å². The monoisotopic (exact) mass is 416 g/mol. The molecule has 2 saturated heterocycles. The fourth-order valence-electron chi connectivity index (χ4n) is 4.66. The Kier molecular flexibility index (Phi) is 4.18. The normalized spacial score (nSPS) is 18.0. The molecule has 4 aromatic rings. The Morgan fingerprint density at radius 1 is 1.13 bits per heavy atom. The number of piperidine rings is 1. The lowest BCUT2D eigenvalue weighted by molar-refractivity contribution is 0.133. The van der Waals surface area contributed by atoms with Crippen LogP contribution >= 0.6 is 0 Å². The van der Waals surface area contributed by atoms with Crippen LogP contribution in [0, 0.1) is 23.1 Å². The van der Waals surface area contributed by atoms with Crippen molar-refractivity contribution in [3.05, 3.63) is 53.7 Å². The predicted octanol–water partition coefficient (Wildman–Crippen LogP) is 3.15. The highest BCUT2D eigenvalue weighted by molar-refractivity contribution is 5.94. The third kappa shape index (κ3) is 3.04. The third-order valence-corrected chi connectivity index (χ3v) is 6.52. The molecule has 1 N–H and O–H groups in total. The first-order valence-corrected chi connectivity index (χ1v) is 10.5. The molecule has 0 unspecified atom stereocenters. The lowest BCUT2D eigenvalue weighted by atomic mass is 9.78. The van der Waals surface area contributed by atoms with Gasteiger partial charge in [0.15, 0.2) is 11.3 Å². The number of nitrogens with zero attached hydrogens (tertiary/aromatic N) is 5. The summed E-state index contributed by atoms with van der Waals surface area (Å²) in [4.78, 5) is 11.7. The number of imidazole rings is 1. The number of halogens is 1. The highest BCUT2D eigenvalue weighted by Gasteiger charge is 2.38. The largest absolute Gasteiger partial charge is 0.381 e. The summed E-state index contributed by atoms with van der Waals surface area (Å²) in [5.41, 5.74) is 2.56. The lowest BCUT2D eigenvalue weighted by Crippen LogP contribution is -2.41. The molecule has 6 rings (SSSR count). The molecule has 1 spiro atoms. The number of anilines is 1. The van der Waals surface area contributed by atoms with Crippen molar-refractivity contribution in [3.63, 3.8) is 0 Å². The highest BCUT2D eigenvalue weighted by atomic mass is 19.1. The van der Waals surface area contributed by atoms with Gasteiger partial charge in [0.25, 0.3) is 0 Å². The van der Waals surface area contributed by atoms with Crippen molar-refractivity contribution in [2.24, 2.45) is 5.41 Å². The first kappa shape index (κ1) is 18.3. The predicted molar refractivity (Wildman–Crippen MR) is 114 cm³/mol. The van der Waals surface area contributed by atoms with Crippen LogP contribution in [0.5, 0.6) is 0 Å². The third-order valence-electron chi connectivity index (χ3n) is 6.52. The standard InChI is InChI=1S/C23H21FN6O/c24-17-4-2-1-3-16(17)5-6-18-19-20(28-27-18)26-22(30-13-10-25-21(19)30)29-11-7-23(8-12-29)9-14-31-15-23/h1-4,10,13H,7-9,11-12,14-15H2,(H,27,28). The minimum atomic E-state index is -0.350. The van der Waals surface area contributed by atoms with Crippen molar-refractivity contribution in [2.45, 2.75) is 19.3 Å². The van der Waals surface area contributed by atoms with Gasteiger partial charge < -0.3 is 9.64 Å². The number of nitrogens with one attached hydrogen (secondary N) is 1. The van der Waals surface area contributed by atoms with Gasteiger partial charge in [0.2, 0.25) is 5.95 Å². The number of fused-ring (bicyclic) bond motifs is 3. The molecule has 0 aliphatic carbocycles. The number of aromatic nitrogens is 5. The Balaban J connectivity index is 1.38. The van der Waals surface area contributed by atoms with Crippen molar-refractivity contribution < 1.29 is 9.13 Å². The maximum Gasteiger partial charge on any atom is 0.213 e. The summed E-state index contributed by atoms with van der Waals surface area (Å²) in [5, 5.41) is 8.08. The Morgan fingerprint density at radius 2 is 2.00 bits per heavy atom. The fourth-order valence-corrected chi connectivity index (χ4v) is 4.66. The van der Waals surface area contributed by atoms with Crippen LogP contribution < -0.4 is 4.90 Å². The summed E-state index contributed by atoms with van der Waals surface area (Å²) in [6.07, 6.45) is 7.04. The molecule has 31 heavy (non-hydrogen) atoms. The molecular formula is C23H21FN6O.